The molecule has 9 nitrogen and oxygen atoms in total. The molecule has 1 amide bonds. The number of nitrogens with one attached hydrogen (secondary N) is 3. The van der Waals surface area contributed by atoms with Crippen molar-refractivity contribution in [1.82, 2.24) is 35.1 Å². The summed E-state index contributed by atoms with van der Waals surface area (Å²) in [6, 6.07) is 8.64. The minimum atomic E-state index is -0.310. The summed E-state index contributed by atoms with van der Waals surface area (Å²) in [7, 11) is 0. The molecule has 0 radical (unpaired) electrons. The maximum Gasteiger partial charge on any atom is 0.224 e. The zero-order valence-corrected chi connectivity index (χ0v) is 21.4. The summed E-state index contributed by atoms with van der Waals surface area (Å²) in [6.07, 6.45) is 10.7. The number of H-pyrrole nitrogens is 2. The molecule has 0 aliphatic carbocycles. The molecule has 39 heavy (non-hydrogen) atoms. The van der Waals surface area contributed by atoms with Crippen molar-refractivity contribution in [2.24, 2.45) is 0 Å². The first-order valence-electron chi connectivity index (χ1n) is 12.7. The molecule has 0 fully saturated rings. The molecule has 1 aromatic carbocycles. The van der Waals surface area contributed by atoms with Crippen LogP contribution in [0.2, 0.25) is 0 Å². The fourth-order valence-electron chi connectivity index (χ4n) is 4.61. The molecule has 0 unspecified atom stereocenters. The summed E-state index contributed by atoms with van der Waals surface area (Å²) in [5.41, 5.74) is 7.04. The van der Waals surface area contributed by atoms with Gasteiger partial charge in [-0.05, 0) is 48.7 Å². The van der Waals surface area contributed by atoms with E-state index in [4.69, 9.17) is 4.98 Å². The number of imidazole rings is 1. The Morgan fingerprint density at radius 3 is 2.69 bits per heavy atom. The minimum absolute atomic E-state index is 0.0384. The summed E-state index contributed by atoms with van der Waals surface area (Å²) in [5, 5.41) is 11.2. The van der Waals surface area contributed by atoms with Crippen molar-refractivity contribution in [3.8, 4) is 33.9 Å². The number of carbonyl (C=O) groups is 1. The van der Waals surface area contributed by atoms with Crippen molar-refractivity contribution in [2.75, 3.05) is 5.32 Å². The molecule has 0 atom stereocenters. The number of nitrogens with zero attached hydrogens (tertiary/aromatic N) is 5. The first kappa shape index (κ1) is 24.4. The lowest BCUT2D eigenvalue weighted by molar-refractivity contribution is -0.116. The highest BCUT2D eigenvalue weighted by atomic mass is 19.1. The number of fused-ring (bicyclic) bond motifs is 2. The van der Waals surface area contributed by atoms with Gasteiger partial charge in [0.25, 0.3) is 0 Å². The number of unbranched alkanes of at least 4 members (excludes halogenated alkanes) is 1. The number of pyridine rings is 3. The Bertz CT molecular complexity index is 1820. The van der Waals surface area contributed by atoms with Crippen molar-refractivity contribution in [1.29, 1.82) is 0 Å². The van der Waals surface area contributed by atoms with E-state index in [-0.39, 0.29) is 11.7 Å². The molecule has 5 aromatic heterocycles. The second kappa shape index (κ2) is 10.1. The summed E-state index contributed by atoms with van der Waals surface area (Å²) in [6.45, 7) is 3.90. The van der Waals surface area contributed by atoms with Gasteiger partial charge in [0.1, 0.15) is 11.5 Å². The Hall–Kier alpha value is -4.99. The Morgan fingerprint density at radius 2 is 1.85 bits per heavy atom. The topological polar surface area (TPSA) is 125 Å². The predicted octanol–water partition coefficient (Wildman–Crippen LogP) is 6.20. The van der Waals surface area contributed by atoms with E-state index in [1.54, 1.807) is 31.0 Å². The van der Waals surface area contributed by atoms with E-state index in [0.717, 1.165) is 40.4 Å². The fourth-order valence-corrected chi connectivity index (χ4v) is 4.61. The van der Waals surface area contributed by atoms with Gasteiger partial charge in [-0.1, -0.05) is 19.4 Å². The van der Waals surface area contributed by atoms with Gasteiger partial charge in [-0.25, -0.2) is 9.37 Å². The Balaban J connectivity index is 1.38. The molecule has 0 spiro atoms. The smallest absolute Gasteiger partial charge is 0.224 e. The quantitative estimate of drug-likeness (QED) is 0.230. The van der Waals surface area contributed by atoms with Crippen LogP contribution in [0.5, 0.6) is 0 Å². The Morgan fingerprint density at radius 1 is 0.974 bits per heavy atom. The molecule has 0 saturated heterocycles. The molecular formula is C29H25FN8O. The van der Waals surface area contributed by atoms with Gasteiger partial charge in [0.05, 0.1) is 46.5 Å². The SMILES string of the molecule is CCCCC(=O)Nc1cncc(-c2cc3c(-c4nc5c(-c6cc(C)cc(F)c6)cncc5[nH]4)n[nH]c3cn2)c1. The van der Waals surface area contributed by atoms with Gasteiger partial charge in [-0.15, -0.1) is 0 Å². The van der Waals surface area contributed by atoms with Crippen LogP contribution in [0, 0.1) is 12.7 Å². The van der Waals surface area contributed by atoms with Crippen LogP contribution in [-0.4, -0.2) is 41.0 Å². The number of hydrogen-bond donors (Lipinski definition) is 3. The van der Waals surface area contributed by atoms with E-state index in [1.807, 2.05) is 32.0 Å². The van der Waals surface area contributed by atoms with Gasteiger partial charge in [0.15, 0.2) is 5.82 Å². The average molecular weight is 521 g/mol. The number of rotatable bonds is 7. The van der Waals surface area contributed by atoms with Crippen LogP contribution >= 0.6 is 0 Å². The van der Waals surface area contributed by atoms with E-state index in [9.17, 15) is 9.18 Å². The van der Waals surface area contributed by atoms with E-state index < -0.39 is 0 Å². The average Bonchev–Trinajstić information content (AvgIpc) is 3.55. The molecule has 10 heteroatoms. The van der Waals surface area contributed by atoms with Crippen molar-refractivity contribution in [3.05, 3.63) is 72.7 Å². The van der Waals surface area contributed by atoms with Gasteiger partial charge >= 0.3 is 0 Å². The number of amides is 1. The second-order valence-electron chi connectivity index (χ2n) is 9.49. The van der Waals surface area contributed by atoms with Crippen molar-refractivity contribution in [2.45, 2.75) is 33.1 Å². The van der Waals surface area contributed by atoms with Crippen LogP contribution in [0.4, 0.5) is 10.1 Å². The number of aryl methyl sites for hydroxylation is 1. The van der Waals surface area contributed by atoms with Crippen molar-refractivity contribution in [3.63, 3.8) is 0 Å². The van der Waals surface area contributed by atoms with Crippen molar-refractivity contribution < 1.29 is 9.18 Å². The van der Waals surface area contributed by atoms with Gasteiger partial charge in [0.2, 0.25) is 5.91 Å². The van der Waals surface area contributed by atoms with E-state index in [1.165, 1.54) is 12.1 Å². The first-order valence-corrected chi connectivity index (χ1v) is 12.7. The van der Waals surface area contributed by atoms with Gasteiger partial charge in [-0.3, -0.25) is 24.8 Å². The van der Waals surface area contributed by atoms with E-state index in [0.29, 0.717) is 45.9 Å². The van der Waals surface area contributed by atoms with Crippen LogP contribution in [0.25, 0.3) is 55.8 Å². The highest BCUT2D eigenvalue weighted by Gasteiger charge is 2.17. The second-order valence-corrected chi connectivity index (χ2v) is 9.49. The molecular weight excluding hydrogens is 495 g/mol. The lowest BCUT2D eigenvalue weighted by Gasteiger charge is -2.07. The largest absolute Gasteiger partial charge is 0.335 e. The van der Waals surface area contributed by atoms with Crippen LogP contribution in [0.1, 0.15) is 31.7 Å². The van der Waals surface area contributed by atoms with Crippen LogP contribution in [0.3, 0.4) is 0 Å². The normalized spacial score (nSPS) is 11.4. The van der Waals surface area contributed by atoms with E-state index in [2.05, 4.69) is 35.5 Å². The molecule has 6 rings (SSSR count). The number of anilines is 1. The van der Waals surface area contributed by atoms with Gasteiger partial charge in [0, 0.05) is 35.3 Å². The van der Waals surface area contributed by atoms with Crippen LogP contribution < -0.4 is 5.32 Å². The zero-order valence-electron chi connectivity index (χ0n) is 21.4. The summed E-state index contributed by atoms with van der Waals surface area (Å²) < 4.78 is 14.1. The van der Waals surface area contributed by atoms with E-state index >= 15 is 0 Å². The molecule has 6 aromatic rings. The molecule has 5 heterocycles. The first-order chi connectivity index (χ1) is 19.0. The molecule has 0 aliphatic rings. The summed E-state index contributed by atoms with van der Waals surface area (Å²) in [5.74, 6) is 0.199. The standard InChI is InChI=1S/C29H25FN8O/c1-3-4-5-26(39)34-20-9-18(11-31-12-20)23-10-21-24(15-33-23)37-38-28(21)29-35-25-14-32-13-22(27(25)36-29)17-6-16(2)7-19(30)8-17/h6-15H,3-5H2,1-2H3,(H,34,39)(H,35,36)(H,37,38). The third-order valence-electron chi connectivity index (χ3n) is 6.49. The molecule has 0 saturated carbocycles. The Kier molecular flexibility index (Phi) is 6.28. The maximum atomic E-state index is 14.1. The van der Waals surface area contributed by atoms with Crippen LogP contribution in [0.15, 0.2) is 61.3 Å². The third kappa shape index (κ3) is 4.84. The van der Waals surface area contributed by atoms with Gasteiger partial charge < -0.3 is 10.3 Å². The number of benzene rings is 1. The van der Waals surface area contributed by atoms with Crippen molar-refractivity contribution >= 4 is 33.5 Å². The monoisotopic (exact) mass is 520 g/mol. The number of halogens is 1. The minimum Gasteiger partial charge on any atom is -0.335 e. The maximum absolute atomic E-state index is 14.1. The fraction of sp³-hybridized carbons (Fsp3) is 0.172. The van der Waals surface area contributed by atoms with Crippen LogP contribution in [-0.2, 0) is 4.79 Å². The number of carbonyl (C=O) groups excluding carboxylic acids is 1. The predicted molar refractivity (Wildman–Crippen MR) is 148 cm³/mol. The Labute approximate surface area is 223 Å². The zero-order chi connectivity index (χ0) is 26.9. The third-order valence-corrected chi connectivity index (χ3v) is 6.49. The number of aromatic amines is 2. The molecule has 3 N–H and O–H groups in total. The number of hydrogen-bond acceptors (Lipinski definition) is 6. The molecule has 0 aliphatic heterocycles. The molecule has 0 bridgehead atoms. The lowest BCUT2D eigenvalue weighted by Crippen LogP contribution is -2.11. The lowest BCUT2D eigenvalue weighted by atomic mass is 10.0. The summed E-state index contributed by atoms with van der Waals surface area (Å²) in [4.78, 5) is 33.5. The highest BCUT2D eigenvalue weighted by molar-refractivity contribution is 5.97. The number of aromatic nitrogens is 7. The summed E-state index contributed by atoms with van der Waals surface area (Å²) >= 11 is 0. The van der Waals surface area contributed by atoms with Gasteiger partial charge in [-0.2, -0.15) is 5.10 Å². The molecule has 194 valence electrons. The highest BCUT2D eigenvalue weighted by Crippen LogP contribution is 2.32.